The lowest BCUT2D eigenvalue weighted by Gasteiger charge is -2.25. The Kier molecular flexibility index (Phi) is 4.95. The highest BCUT2D eigenvalue weighted by Gasteiger charge is 2.50. The van der Waals surface area contributed by atoms with Gasteiger partial charge >= 0.3 is 6.09 Å². The van der Waals surface area contributed by atoms with Crippen LogP contribution < -0.4 is 10.6 Å². The summed E-state index contributed by atoms with van der Waals surface area (Å²) in [4.78, 5) is 43.8. The van der Waals surface area contributed by atoms with Crippen molar-refractivity contribution in [2.45, 2.75) is 18.3 Å². The Morgan fingerprint density at radius 2 is 2.14 bits per heavy atom. The number of likely N-dealkylation sites (tertiary alicyclic amines) is 1. The molecule has 0 aliphatic carbocycles. The van der Waals surface area contributed by atoms with Gasteiger partial charge in [0, 0.05) is 41.1 Å². The molecule has 2 aliphatic heterocycles. The summed E-state index contributed by atoms with van der Waals surface area (Å²) in [6.45, 7) is 1.46. The minimum atomic E-state index is -0.617. The lowest BCUT2D eigenvalue weighted by atomic mass is 9.81. The summed E-state index contributed by atoms with van der Waals surface area (Å²) in [6, 6.07) is 5.46. The van der Waals surface area contributed by atoms with Crippen molar-refractivity contribution < 1.29 is 19.1 Å². The second-order valence-corrected chi connectivity index (χ2v) is 8.61. The number of carbonyl (C=O) groups is 3. The summed E-state index contributed by atoms with van der Waals surface area (Å²) in [6.07, 6.45) is 0.399. The van der Waals surface area contributed by atoms with E-state index < -0.39 is 5.91 Å². The van der Waals surface area contributed by atoms with Crippen LogP contribution in [0.2, 0.25) is 5.02 Å². The van der Waals surface area contributed by atoms with Crippen LogP contribution in [0.4, 0.5) is 10.5 Å². The molecule has 29 heavy (non-hydrogen) atoms. The number of hydrogen-bond acceptors (Lipinski definition) is 6. The molecule has 4 rings (SSSR count). The summed E-state index contributed by atoms with van der Waals surface area (Å²) in [5.74, 6) is -0.749. The van der Waals surface area contributed by atoms with E-state index in [4.69, 9.17) is 22.1 Å². The zero-order valence-corrected chi connectivity index (χ0v) is 17.3. The topological polar surface area (TPSA) is 106 Å². The van der Waals surface area contributed by atoms with Crippen molar-refractivity contribution in [2.24, 2.45) is 5.73 Å². The Morgan fingerprint density at radius 3 is 2.83 bits per heavy atom. The van der Waals surface area contributed by atoms with Gasteiger partial charge < -0.3 is 20.3 Å². The average molecular weight is 435 g/mol. The van der Waals surface area contributed by atoms with E-state index in [-0.39, 0.29) is 29.5 Å². The molecule has 1 aromatic carbocycles. The molecule has 2 N–H and O–H groups in total. The Balaban J connectivity index is 1.61. The summed E-state index contributed by atoms with van der Waals surface area (Å²) in [5.41, 5.74) is 6.77. The SMILES string of the molecule is COC(=O)N1CCC2(C1)CN(C(=O)Cc1nc(C(N)=O)cs1)c1ccc(Cl)cc12. The third-order valence-electron chi connectivity index (χ3n) is 5.48. The summed E-state index contributed by atoms with van der Waals surface area (Å²) in [7, 11) is 1.36. The third kappa shape index (κ3) is 3.44. The maximum atomic E-state index is 13.1. The molecular formula is C19H19ClN4O4S. The number of primary amides is 1. The Hall–Kier alpha value is -2.65. The largest absolute Gasteiger partial charge is 0.453 e. The van der Waals surface area contributed by atoms with Gasteiger partial charge in [-0.05, 0) is 30.2 Å². The number of aromatic nitrogens is 1. The van der Waals surface area contributed by atoms with Crippen molar-refractivity contribution in [3.05, 3.63) is 44.9 Å². The van der Waals surface area contributed by atoms with Crippen molar-refractivity contribution in [2.75, 3.05) is 31.6 Å². The molecule has 3 heterocycles. The number of thiazole rings is 1. The fourth-order valence-electron chi connectivity index (χ4n) is 4.10. The fourth-order valence-corrected chi connectivity index (χ4v) is 5.05. The molecule has 0 saturated carbocycles. The van der Waals surface area contributed by atoms with Crippen LogP contribution in [-0.4, -0.2) is 54.5 Å². The van der Waals surface area contributed by atoms with Gasteiger partial charge in [0.1, 0.15) is 10.7 Å². The molecule has 2 aliphatic rings. The highest BCUT2D eigenvalue weighted by molar-refractivity contribution is 7.10. The monoisotopic (exact) mass is 434 g/mol. The summed E-state index contributed by atoms with van der Waals surface area (Å²) in [5, 5.41) is 2.66. The van der Waals surface area contributed by atoms with Gasteiger partial charge in [0.2, 0.25) is 5.91 Å². The van der Waals surface area contributed by atoms with Crippen LogP contribution in [0.5, 0.6) is 0 Å². The van der Waals surface area contributed by atoms with Gasteiger partial charge in [-0.3, -0.25) is 9.59 Å². The number of halogens is 1. The molecule has 10 heteroatoms. The number of nitrogens with zero attached hydrogens (tertiary/aromatic N) is 3. The first-order valence-corrected chi connectivity index (χ1v) is 10.3. The molecule has 0 bridgehead atoms. The number of carbonyl (C=O) groups excluding carboxylic acids is 3. The molecule has 1 saturated heterocycles. The molecule has 1 atom stereocenters. The molecule has 1 unspecified atom stereocenters. The first kappa shape index (κ1) is 19.7. The number of benzene rings is 1. The first-order valence-electron chi connectivity index (χ1n) is 9.00. The van der Waals surface area contributed by atoms with Gasteiger partial charge in [-0.1, -0.05) is 11.6 Å². The molecule has 3 amide bonds. The smallest absolute Gasteiger partial charge is 0.409 e. The Bertz CT molecular complexity index is 1010. The van der Waals surface area contributed by atoms with E-state index in [9.17, 15) is 14.4 Å². The van der Waals surface area contributed by atoms with Crippen LogP contribution in [-0.2, 0) is 21.4 Å². The van der Waals surface area contributed by atoms with Crippen molar-refractivity contribution in [3.8, 4) is 0 Å². The number of fused-ring (bicyclic) bond motifs is 2. The Labute approximate surface area is 176 Å². The number of methoxy groups -OCH3 is 1. The number of anilines is 1. The number of rotatable bonds is 3. The number of amides is 3. The molecule has 2 aromatic rings. The Morgan fingerprint density at radius 1 is 1.34 bits per heavy atom. The fraction of sp³-hybridized carbons (Fsp3) is 0.368. The van der Waals surface area contributed by atoms with E-state index in [2.05, 4.69) is 4.98 Å². The quantitative estimate of drug-likeness (QED) is 0.797. The van der Waals surface area contributed by atoms with E-state index in [1.807, 2.05) is 12.1 Å². The maximum Gasteiger partial charge on any atom is 0.409 e. The van der Waals surface area contributed by atoms with Gasteiger partial charge in [0.25, 0.3) is 5.91 Å². The molecule has 1 fully saturated rings. The normalized spacial score (nSPS) is 20.2. The van der Waals surface area contributed by atoms with Gasteiger partial charge in [-0.2, -0.15) is 0 Å². The van der Waals surface area contributed by atoms with E-state index >= 15 is 0 Å². The second-order valence-electron chi connectivity index (χ2n) is 7.23. The van der Waals surface area contributed by atoms with Crippen LogP contribution in [0.1, 0.15) is 27.5 Å². The lowest BCUT2D eigenvalue weighted by Crippen LogP contribution is -2.40. The first-order chi connectivity index (χ1) is 13.8. The van der Waals surface area contributed by atoms with Gasteiger partial charge in [0.15, 0.2) is 0 Å². The lowest BCUT2D eigenvalue weighted by molar-refractivity contribution is -0.118. The van der Waals surface area contributed by atoms with E-state index in [1.54, 1.807) is 21.2 Å². The standard InChI is InChI=1S/C19H19ClN4O4S/c1-28-18(27)23-5-4-19(9-23)10-24(14-3-2-11(20)6-12(14)19)16(25)7-15-22-13(8-29-15)17(21)26/h2-3,6,8H,4-5,7,9-10H2,1H3,(H2,21,26). The van der Waals surface area contributed by atoms with Crippen LogP contribution in [0, 0.1) is 0 Å². The zero-order chi connectivity index (χ0) is 20.8. The molecule has 0 radical (unpaired) electrons. The van der Waals surface area contributed by atoms with Crippen LogP contribution in [0.15, 0.2) is 23.6 Å². The van der Waals surface area contributed by atoms with Crippen LogP contribution >= 0.6 is 22.9 Å². The van der Waals surface area contributed by atoms with Crippen molar-refractivity contribution in [3.63, 3.8) is 0 Å². The highest BCUT2D eigenvalue weighted by atomic mass is 35.5. The van der Waals surface area contributed by atoms with Gasteiger partial charge in [-0.25, -0.2) is 9.78 Å². The van der Waals surface area contributed by atoms with Crippen molar-refractivity contribution in [1.29, 1.82) is 0 Å². The van der Waals surface area contributed by atoms with Crippen LogP contribution in [0.25, 0.3) is 0 Å². The van der Waals surface area contributed by atoms with Crippen molar-refractivity contribution in [1.82, 2.24) is 9.88 Å². The summed E-state index contributed by atoms with van der Waals surface area (Å²) < 4.78 is 4.86. The zero-order valence-electron chi connectivity index (χ0n) is 15.7. The summed E-state index contributed by atoms with van der Waals surface area (Å²) >= 11 is 7.47. The van der Waals surface area contributed by atoms with Crippen molar-refractivity contribution >= 4 is 46.5 Å². The highest BCUT2D eigenvalue weighted by Crippen LogP contribution is 2.47. The minimum absolute atomic E-state index is 0.0663. The second kappa shape index (κ2) is 7.31. The minimum Gasteiger partial charge on any atom is -0.453 e. The predicted octanol–water partition coefficient (Wildman–Crippen LogP) is 2.19. The number of hydrogen-bond donors (Lipinski definition) is 1. The van der Waals surface area contributed by atoms with E-state index in [0.717, 1.165) is 11.3 Å². The molecular weight excluding hydrogens is 416 g/mol. The number of ether oxygens (including phenoxy) is 1. The average Bonchev–Trinajstić information content (AvgIpc) is 3.40. The van der Waals surface area contributed by atoms with Gasteiger partial charge in [-0.15, -0.1) is 11.3 Å². The maximum absolute atomic E-state index is 13.1. The molecule has 1 spiro atoms. The van der Waals surface area contributed by atoms with E-state index in [1.165, 1.54) is 18.4 Å². The van der Waals surface area contributed by atoms with E-state index in [0.29, 0.717) is 36.1 Å². The third-order valence-corrected chi connectivity index (χ3v) is 6.56. The number of nitrogens with two attached hydrogens (primary N) is 1. The molecule has 152 valence electrons. The molecule has 1 aromatic heterocycles. The predicted molar refractivity (Wildman–Crippen MR) is 108 cm³/mol. The van der Waals surface area contributed by atoms with Crippen LogP contribution in [0.3, 0.4) is 0 Å². The van der Waals surface area contributed by atoms with Gasteiger partial charge in [0.05, 0.1) is 13.5 Å². The molecule has 8 nitrogen and oxygen atoms in total.